The number of aryl methyl sites for hydroxylation is 1. The van der Waals surface area contributed by atoms with Crippen LogP contribution in [0.15, 0.2) is 53.9 Å². The molecule has 0 unspecified atom stereocenters. The quantitative estimate of drug-likeness (QED) is 0.668. The number of nitrogens with one attached hydrogen (secondary N) is 1. The van der Waals surface area contributed by atoms with Crippen molar-refractivity contribution < 1.29 is 9.59 Å². The number of benzene rings is 2. The van der Waals surface area contributed by atoms with E-state index in [0.29, 0.717) is 18.5 Å². The molecule has 4 rings (SSSR count). The smallest absolute Gasteiger partial charge is 0.251 e. The fourth-order valence-electron chi connectivity index (χ4n) is 3.50. The summed E-state index contributed by atoms with van der Waals surface area (Å²) in [6.07, 6.45) is 2.21. The fraction of sp³-hybridized carbons (Fsp3) is 0.261. The second-order valence-electron chi connectivity index (χ2n) is 7.15. The van der Waals surface area contributed by atoms with Crippen LogP contribution in [-0.4, -0.2) is 29.9 Å². The Morgan fingerprint density at radius 3 is 2.72 bits per heavy atom. The molecule has 148 valence electrons. The van der Waals surface area contributed by atoms with Crippen molar-refractivity contribution in [3.63, 3.8) is 0 Å². The molecule has 2 amide bonds. The third-order valence-electron chi connectivity index (χ3n) is 5.06. The Morgan fingerprint density at radius 1 is 1.21 bits per heavy atom. The van der Waals surface area contributed by atoms with Gasteiger partial charge in [-0.25, -0.2) is 4.98 Å². The van der Waals surface area contributed by atoms with Crippen LogP contribution in [0.4, 0.5) is 5.69 Å². The maximum Gasteiger partial charge on any atom is 0.251 e. The zero-order chi connectivity index (χ0) is 20.2. The molecule has 1 aliphatic heterocycles. The zero-order valence-electron chi connectivity index (χ0n) is 16.4. The molecule has 5 nitrogen and oxygen atoms in total. The molecule has 6 heteroatoms. The Balaban J connectivity index is 1.32. The number of aromatic nitrogens is 1. The van der Waals surface area contributed by atoms with Crippen LogP contribution in [0.25, 0.3) is 11.3 Å². The van der Waals surface area contributed by atoms with E-state index in [-0.39, 0.29) is 11.8 Å². The Labute approximate surface area is 174 Å². The lowest BCUT2D eigenvalue weighted by molar-refractivity contribution is -0.117. The summed E-state index contributed by atoms with van der Waals surface area (Å²) in [5.74, 6) is 0.00637. The highest BCUT2D eigenvalue weighted by Gasteiger charge is 2.22. The van der Waals surface area contributed by atoms with Crippen molar-refractivity contribution in [2.75, 3.05) is 18.0 Å². The van der Waals surface area contributed by atoms with Gasteiger partial charge in [-0.2, -0.15) is 0 Å². The van der Waals surface area contributed by atoms with Crippen molar-refractivity contribution in [3.8, 4) is 11.3 Å². The second kappa shape index (κ2) is 8.57. The monoisotopic (exact) mass is 405 g/mol. The first kappa shape index (κ1) is 19.3. The first-order chi connectivity index (χ1) is 14.1. The molecule has 1 aromatic heterocycles. The van der Waals surface area contributed by atoms with E-state index in [2.05, 4.69) is 39.9 Å². The molecule has 29 heavy (non-hydrogen) atoms. The number of anilines is 1. The SMILES string of the molecule is Cc1nc(-c2ccc(CCNC(=O)c3cccc(N4CCCC4=O)c3)cc2)cs1. The molecule has 1 saturated heterocycles. The Kier molecular flexibility index (Phi) is 5.71. The summed E-state index contributed by atoms with van der Waals surface area (Å²) >= 11 is 1.65. The van der Waals surface area contributed by atoms with Crippen LogP contribution in [0.2, 0.25) is 0 Å². The van der Waals surface area contributed by atoms with Crippen LogP contribution in [0.3, 0.4) is 0 Å². The number of hydrogen-bond acceptors (Lipinski definition) is 4. The number of amides is 2. The molecule has 0 bridgehead atoms. The predicted octanol–water partition coefficient (Wildman–Crippen LogP) is 4.22. The summed E-state index contributed by atoms with van der Waals surface area (Å²) < 4.78 is 0. The number of hydrogen-bond donors (Lipinski definition) is 1. The van der Waals surface area contributed by atoms with Gasteiger partial charge in [-0.1, -0.05) is 30.3 Å². The first-order valence-corrected chi connectivity index (χ1v) is 10.7. The molecule has 0 aliphatic carbocycles. The number of nitrogens with zero attached hydrogens (tertiary/aromatic N) is 2. The highest BCUT2D eigenvalue weighted by atomic mass is 32.1. The maximum atomic E-state index is 12.5. The summed E-state index contributed by atoms with van der Waals surface area (Å²) in [6, 6.07) is 15.6. The molecule has 0 saturated carbocycles. The van der Waals surface area contributed by atoms with Crippen LogP contribution in [-0.2, 0) is 11.2 Å². The van der Waals surface area contributed by atoms with E-state index < -0.39 is 0 Å². The van der Waals surface area contributed by atoms with E-state index in [9.17, 15) is 9.59 Å². The van der Waals surface area contributed by atoms with Crippen molar-refractivity contribution in [3.05, 3.63) is 70.0 Å². The van der Waals surface area contributed by atoms with Gasteiger partial charge in [0.25, 0.3) is 5.91 Å². The molecular weight excluding hydrogens is 382 g/mol. The van der Waals surface area contributed by atoms with E-state index in [4.69, 9.17) is 0 Å². The molecule has 1 fully saturated rings. The third kappa shape index (κ3) is 4.54. The zero-order valence-corrected chi connectivity index (χ0v) is 17.2. The van der Waals surface area contributed by atoms with Gasteiger partial charge in [0.15, 0.2) is 0 Å². The summed E-state index contributed by atoms with van der Waals surface area (Å²) in [7, 11) is 0. The van der Waals surface area contributed by atoms with Gasteiger partial charge in [0.1, 0.15) is 0 Å². The molecule has 2 aromatic carbocycles. The lowest BCUT2D eigenvalue weighted by atomic mass is 10.1. The fourth-order valence-corrected chi connectivity index (χ4v) is 4.12. The minimum Gasteiger partial charge on any atom is -0.352 e. The minimum atomic E-state index is -0.118. The molecular formula is C23H23N3O2S. The third-order valence-corrected chi connectivity index (χ3v) is 5.83. The number of rotatable bonds is 6. The lowest BCUT2D eigenvalue weighted by Crippen LogP contribution is -2.27. The van der Waals surface area contributed by atoms with E-state index in [1.165, 1.54) is 0 Å². The van der Waals surface area contributed by atoms with Crippen LogP contribution < -0.4 is 10.2 Å². The van der Waals surface area contributed by atoms with Gasteiger partial charge >= 0.3 is 0 Å². The van der Waals surface area contributed by atoms with Crippen molar-refractivity contribution in [1.82, 2.24) is 10.3 Å². The van der Waals surface area contributed by atoms with Crippen LogP contribution in [0.5, 0.6) is 0 Å². The minimum absolute atomic E-state index is 0.118. The largest absolute Gasteiger partial charge is 0.352 e. The van der Waals surface area contributed by atoms with Gasteiger partial charge in [0.05, 0.1) is 10.7 Å². The Morgan fingerprint density at radius 2 is 2.03 bits per heavy atom. The predicted molar refractivity (Wildman–Crippen MR) is 116 cm³/mol. The summed E-state index contributed by atoms with van der Waals surface area (Å²) in [5.41, 5.74) is 4.65. The van der Waals surface area contributed by atoms with Crippen LogP contribution in [0.1, 0.15) is 33.8 Å². The topological polar surface area (TPSA) is 62.3 Å². The second-order valence-corrected chi connectivity index (χ2v) is 8.22. The van der Waals surface area contributed by atoms with Crippen LogP contribution >= 0.6 is 11.3 Å². The average Bonchev–Trinajstić information content (AvgIpc) is 3.37. The van der Waals surface area contributed by atoms with Crippen molar-refractivity contribution in [2.45, 2.75) is 26.2 Å². The Hall–Kier alpha value is -2.99. The summed E-state index contributed by atoms with van der Waals surface area (Å²) in [6.45, 7) is 3.28. The number of carbonyl (C=O) groups excluding carboxylic acids is 2. The lowest BCUT2D eigenvalue weighted by Gasteiger charge is -2.16. The summed E-state index contributed by atoms with van der Waals surface area (Å²) in [4.78, 5) is 30.7. The molecule has 0 atom stereocenters. The molecule has 1 aliphatic rings. The van der Waals surface area contributed by atoms with Gasteiger partial charge in [0, 0.05) is 41.7 Å². The van der Waals surface area contributed by atoms with E-state index in [0.717, 1.165) is 46.9 Å². The number of thiazole rings is 1. The van der Waals surface area contributed by atoms with E-state index in [1.807, 2.05) is 19.1 Å². The highest BCUT2D eigenvalue weighted by molar-refractivity contribution is 7.09. The molecule has 3 aromatic rings. The first-order valence-electron chi connectivity index (χ1n) is 9.80. The van der Waals surface area contributed by atoms with Crippen LogP contribution in [0, 0.1) is 6.92 Å². The van der Waals surface area contributed by atoms with Gasteiger partial charge in [-0.15, -0.1) is 11.3 Å². The number of carbonyl (C=O) groups is 2. The maximum absolute atomic E-state index is 12.5. The Bertz CT molecular complexity index is 1030. The van der Waals surface area contributed by atoms with Gasteiger partial charge in [-0.05, 0) is 43.5 Å². The molecule has 2 heterocycles. The average molecular weight is 406 g/mol. The highest BCUT2D eigenvalue weighted by Crippen LogP contribution is 2.23. The molecule has 0 radical (unpaired) electrons. The van der Waals surface area contributed by atoms with Crippen molar-refractivity contribution >= 4 is 28.8 Å². The molecule has 1 N–H and O–H groups in total. The normalized spacial score (nSPS) is 13.7. The summed E-state index contributed by atoms with van der Waals surface area (Å²) in [5, 5.41) is 6.10. The standard InChI is InChI=1S/C23H23N3O2S/c1-16-25-21(15-29-16)18-9-7-17(8-10-18)11-12-24-23(28)19-4-2-5-20(14-19)26-13-3-6-22(26)27/h2,4-5,7-10,14-15H,3,6,11-13H2,1H3,(H,24,28). The van der Waals surface area contributed by atoms with E-state index in [1.54, 1.807) is 28.4 Å². The van der Waals surface area contributed by atoms with Gasteiger partial charge in [-0.3, -0.25) is 9.59 Å². The molecule has 0 spiro atoms. The van der Waals surface area contributed by atoms with Gasteiger partial charge < -0.3 is 10.2 Å². The van der Waals surface area contributed by atoms with Gasteiger partial charge in [0.2, 0.25) is 5.91 Å². The van der Waals surface area contributed by atoms with Crippen molar-refractivity contribution in [2.24, 2.45) is 0 Å². The van der Waals surface area contributed by atoms with Crippen molar-refractivity contribution in [1.29, 1.82) is 0 Å². The van der Waals surface area contributed by atoms with E-state index >= 15 is 0 Å².